The van der Waals surface area contributed by atoms with E-state index in [4.69, 9.17) is 0 Å². The molecule has 3 rings (SSSR count). The van der Waals surface area contributed by atoms with Crippen molar-refractivity contribution in [2.75, 3.05) is 13.1 Å². The van der Waals surface area contributed by atoms with E-state index in [1.807, 2.05) is 0 Å². The van der Waals surface area contributed by atoms with Crippen LogP contribution < -0.4 is 5.32 Å². The standard InChI is InChI=1S/C14H26N2/c1-10-3-6-14(11(10)2)15-12-7-8-16(9-12)13-4-5-13/h10-15H,3-9H2,1-2H3. The van der Waals surface area contributed by atoms with Crippen LogP contribution in [0.1, 0.15) is 46.0 Å². The van der Waals surface area contributed by atoms with Gasteiger partial charge in [0.1, 0.15) is 0 Å². The third-order valence-corrected chi connectivity index (χ3v) is 5.20. The Morgan fingerprint density at radius 1 is 1.00 bits per heavy atom. The Bertz CT molecular complexity index is 249. The molecule has 2 saturated carbocycles. The molecule has 4 atom stereocenters. The van der Waals surface area contributed by atoms with Crippen molar-refractivity contribution in [2.24, 2.45) is 11.8 Å². The molecule has 2 heteroatoms. The summed E-state index contributed by atoms with van der Waals surface area (Å²) in [5.41, 5.74) is 0. The van der Waals surface area contributed by atoms with Crippen molar-refractivity contribution in [3.05, 3.63) is 0 Å². The summed E-state index contributed by atoms with van der Waals surface area (Å²) in [6, 6.07) is 2.56. The molecular formula is C14H26N2. The van der Waals surface area contributed by atoms with Crippen molar-refractivity contribution < 1.29 is 0 Å². The van der Waals surface area contributed by atoms with Crippen molar-refractivity contribution in [3.63, 3.8) is 0 Å². The van der Waals surface area contributed by atoms with Crippen LogP contribution >= 0.6 is 0 Å². The van der Waals surface area contributed by atoms with Crippen LogP contribution in [-0.2, 0) is 0 Å². The monoisotopic (exact) mass is 222 g/mol. The van der Waals surface area contributed by atoms with Crippen molar-refractivity contribution in [2.45, 2.75) is 64.1 Å². The maximum atomic E-state index is 3.93. The summed E-state index contributed by atoms with van der Waals surface area (Å²) < 4.78 is 0. The van der Waals surface area contributed by atoms with Crippen LogP contribution in [0.2, 0.25) is 0 Å². The van der Waals surface area contributed by atoms with E-state index >= 15 is 0 Å². The van der Waals surface area contributed by atoms with Gasteiger partial charge in [-0.25, -0.2) is 0 Å². The molecular weight excluding hydrogens is 196 g/mol. The highest BCUT2D eigenvalue weighted by Crippen LogP contribution is 2.33. The summed E-state index contributed by atoms with van der Waals surface area (Å²) in [6.07, 6.45) is 7.14. The molecule has 1 N–H and O–H groups in total. The normalized spacial score (nSPS) is 45.4. The molecule has 0 spiro atoms. The predicted octanol–water partition coefficient (Wildman–Crippen LogP) is 2.25. The van der Waals surface area contributed by atoms with Crippen molar-refractivity contribution in [1.29, 1.82) is 0 Å². The smallest absolute Gasteiger partial charge is 0.0210 e. The van der Waals surface area contributed by atoms with E-state index in [0.717, 1.165) is 30.0 Å². The second-order valence-corrected chi connectivity index (χ2v) is 6.40. The molecule has 2 aliphatic carbocycles. The minimum Gasteiger partial charge on any atom is -0.310 e. The van der Waals surface area contributed by atoms with Gasteiger partial charge in [0.15, 0.2) is 0 Å². The Kier molecular flexibility index (Phi) is 2.97. The molecule has 0 amide bonds. The minimum atomic E-state index is 0.790. The molecule has 0 aromatic heterocycles. The average Bonchev–Trinajstić information content (AvgIpc) is 2.96. The predicted molar refractivity (Wildman–Crippen MR) is 67.5 cm³/mol. The zero-order valence-corrected chi connectivity index (χ0v) is 10.8. The molecule has 4 unspecified atom stereocenters. The first-order valence-electron chi connectivity index (χ1n) is 7.24. The van der Waals surface area contributed by atoms with Gasteiger partial charge in [-0.2, -0.15) is 0 Å². The van der Waals surface area contributed by atoms with Crippen LogP contribution in [0.3, 0.4) is 0 Å². The molecule has 1 heterocycles. The molecule has 16 heavy (non-hydrogen) atoms. The first-order valence-corrected chi connectivity index (χ1v) is 7.24. The summed E-state index contributed by atoms with van der Waals surface area (Å²) in [6.45, 7) is 7.52. The van der Waals surface area contributed by atoms with Crippen LogP contribution in [0.5, 0.6) is 0 Å². The van der Waals surface area contributed by atoms with Crippen molar-refractivity contribution in [3.8, 4) is 0 Å². The third kappa shape index (κ3) is 2.14. The van der Waals surface area contributed by atoms with E-state index in [0.29, 0.717) is 0 Å². The van der Waals surface area contributed by atoms with Crippen LogP contribution in [0.4, 0.5) is 0 Å². The van der Waals surface area contributed by atoms with Gasteiger partial charge in [0.2, 0.25) is 0 Å². The second kappa shape index (κ2) is 4.30. The van der Waals surface area contributed by atoms with Gasteiger partial charge in [-0.1, -0.05) is 13.8 Å². The SMILES string of the molecule is CC1CCC(NC2CCN(C3CC3)C2)C1C. The summed E-state index contributed by atoms with van der Waals surface area (Å²) in [5.74, 6) is 1.81. The highest BCUT2D eigenvalue weighted by atomic mass is 15.2. The fourth-order valence-electron chi connectivity index (χ4n) is 3.60. The van der Waals surface area contributed by atoms with Gasteiger partial charge in [0, 0.05) is 31.2 Å². The van der Waals surface area contributed by atoms with Gasteiger partial charge >= 0.3 is 0 Å². The lowest BCUT2D eigenvalue weighted by molar-refractivity contribution is 0.298. The van der Waals surface area contributed by atoms with E-state index < -0.39 is 0 Å². The maximum absolute atomic E-state index is 3.93. The van der Waals surface area contributed by atoms with Gasteiger partial charge in [0.05, 0.1) is 0 Å². The molecule has 1 saturated heterocycles. The zero-order chi connectivity index (χ0) is 11.1. The van der Waals surface area contributed by atoms with Crippen LogP contribution in [0.25, 0.3) is 0 Å². The van der Waals surface area contributed by atoms with Crippen LogP contribution in [0, 0.1) is 11.8 Å². The Morgan fingerprint density at radius 2 is 1.81 bits per heavy atom. The summed E-state index contributed by atoms with van der Waals surface area (Å²) >= 11 is 0. The fourth-order valence-corrected chi connectivity index (χ4v) is 3.60. The number of rotatable bonds is 3. The van der Waals surface area contributed by atoms with E-state index in [9.17, 15) is 0 Å². The van der Waals surface area contributed by atoms with Gasteiger partial charge in [0.25, 0.3) is 0 Å². The highest BCUT2D eigenvalue weighted by Gasteiger charge is 2.37. The molecule has 0 aromatic carbocycles. The fraction of sp³-hybridized carbons (Fsp3) is 1.00. The van der Waals surface area contributed by atoms with Crippen LogP contribution in [-0.4, -0.2) is 36.1 Å². The Labute approximate surface area is 99.8 Å². The lowest BCUT2D eigenvalue weighted by Gasteiger charge is -2.24. The Hall–Kier alpha value is -0.0800. The van der Waals surface area contributed by atoms with Gasteiger partial charge in [-0.3, -0.25) is 4.90 Å². The molecule has 92 valence electrons. The number of nitrogens with zero attached hydrogens (tertiary/aromatic N) is 1. The number of likely N-dealkylation sites (tertiary alicyclic amines) is 1. The lowest BCUT2D eigenvalue weighted by atomic mass is 9.97. The van der Waals surface area contributed by atoms with Crippen molar-refractivity contribution in [1.82, 2.24) is 10.2 Å². The molecule has 0 bridgehead atoms. The lowest BCUT2D eigenvalue weighted by Crippen LogP contribution is -2.42. The molecule has 1 aliphatic heterocycles. The van der Waals surface area contributed by atoms with E-state index in [-0.39, 0.29) is 0 Å². The quantitative estimate of drug-likeness (QED) is 0.788. The Balaban J connectivity index is 1.48. The Morgan fingerprint density at radius 3 is 2.44 bits per heavy atom. The summed E-state index contributed by atoms with van der Waals surface area (Å²) in [4.78, 5) is 2.71. The minimum absolute atomic E-state index is 0.790. The molecule has 2 nitrogen and oxygen atoms in total. The largest absolute Gasteiger partial charge is 0.310 e. The number of hydrogen-bond donors (Lipinski definition) is 1. The van der Waals surface area contributed by atoms with Crippen molar-refractivity contribution >= 4 is 0 Å². The topological polar surface area (TPSA) is 15.3 Å². The number of hydrogen-bond acceptors (Lipinski definition) is 2. The highest BCUT2D eigenvalue weighted by molar-refractivity contribution is 4.94. The van der Waals surface area contributed by atoms with Gasteiger partial charge in [-0.15, -0.1) is 0 Å². The molecule has 0 radical (unpaired) electrons. The maximum Gasteiger partial charge on any atom is 0.0210 e. The van der Waals surface area contributed by atoms with E-state index in [2.05, 4.69) is 24.1 Å². The van der Waals surface area contributed by atoms with Crippen LogP contribution in [0.15, 0.2) is 0 Å². The third-order valence-electron chi connectivity index (χ3n) is 5.20. The first-order chi connectivity index (χ1) is 7.74. The molecule has 3 fully saturated rings. The molecule has 0 aromatic rings. The average molecular weight is 222 g/mol. The van der Waals surface area contributed by atoms with E-state index in [1.54, 1.807) is 0 Å². The first kappa shape index (κ1) is 11.0. The van der Waals surface area contributed by atoms with E-state index in [1.165, 1.54) is 45.2 Å². The molecule has 3 aliphatic rings. The zero-order valence-electron chi connectivity index (χ0n) is 10.8. The van der Waals surface area contributed by atoms with Gasteiger partial charge < -0.3 is 5.32 Å². The van der Waals surface area contributed by atoms with Gasteiger partial charge in [-0.05, 0) is 43.9 Å². The summed E-state index contributed by atoms with van der Waals surface area (Å²) in [7, 11) is 0. The second-order valence-electron chi connectivity index (χ2n) is 6.40. The number of nitrogens with one attached hydrogen (secondary N) is 1. The summed E-state index contributed by atoms with van der Waals surface area (Å²) in [5, 5.41) is 3.93.